The van der Waals surface area contributed by atoms with E-state index in [4.69, 9.17) is 9.47 Å². The Kier molecular flexibility index (Phi) is 5.50. The molecule has 0 N–H and O–H groups in total. The molecule has 0 amide bonds. The first kappa shape index (κ1) is 21.3. The second-order valence-electron chi connectivity index (χ2n) is 9.14. The Morgan fingerprint density at radius 2 is 2.03 bits per heavy atom. The lowest BCUT2D eigenvalue weighted by Crippen LogP contribution is -2.42. The van der Waals surface area contributed by atoms with Crippen LogP contribution < -0.4 is 10.2 Å². The Bertz CT molecular complexity index is 1100. The van der Waals surface area contributed by atoms with E-state index in [1.54, 1.807) is 19.2 Å². The van der Waals surface area contributed by atoms with Gasteiger partial charge >= 0.3 is 5.97 Å². The normalized spacial score (nSPS) is 19.5. The van der Waals surface area contributed by atoms with Crippen LogP contribution in [0, 0.1) is 11.8 Å². The molecule has 31 heavy (non-hydrogen) atoms. The number of hydrogen-bond donors (Lipinski definition) is 0. The highest BCUT2D eigenvalue weighted by Gasteiger charge is 2.38. The lowest BCUT2D eigenvalue weighted by molar-refractivity contribution is 0.0522. The summed E-state index contributed by atoms with van der Waals surface area (Å²) in [6, 6.07) is 5.25. The molecule has 2 aromatic rings. The molecule has 0 radical (unpaired) electrons. The van der Waals surface area contributed by atoms with E-state index in [-0.39, 0.29) is 29.1 Å². The number of rotatable bonds is 7. The Morgan fingerprint density at radius 3 is 2.65 bits per heavy atom. The summed E-state index contributed by atoms with van der Waals surface area (Å²) in [6.07, 6.45) is 5.46. The fourth-order valence-electron chi connectivity index (χ4n) is 4.21. The molecule has 4 rings (SSSR count). The third-order valence-electron chi connectivity index (χ3n) is 6.70. The number of carbonyl (C=O) groups is 2. The first-order chi connectivity index (χ1) is 14.8. The summed E-state index contributed by atoms with van der Waals surface area (Å²) in [6.45, 7) is 8.92. The van der Waals surface area contributed by atoms with Crippen molar-refractivity contribution in [2.75, 3.05) is 13.2 Å². The van der Waals surface area contributed by atoms with Gasteiger partial charge in [0, 0.05) is 23.4 Å². The molecule has 0 spiro atoms. The van der Waals surface area contributed by atoms with E-state index in [2.05, 4.69) is 20.8 Å². The van der Waals surface area contributed by atoms with E-state index in [1.807, 2.05) is 10.6 Å². The molecule has 6 heteroatoms. The largest absolute Gasteiger partial charge is 0.493 e. The van der Waals surface area contributed by atoms with Crippen LogP contribution in [0.25, 0.3) is 11.3 Å². The van der Waals surface area contributed by atoms with Crippen LogP contribution >= 0.6 is 0 Å². The number of fused-ring (bicyclic) bond motifs is 3. The molecular formula is C25H29NO5. The minimum absolute atomic E-state index is 0.0286. The standard InChI is InChI=1S/C25H29NO5/c1-5-30-24(29)20-12-26-21(10-22(20)28)19-8-18(13-27)23(31-14-16-6-7-16)9-17(19)11-25(26,4)15(2)3/h8-10,12-13,15-16H,5-7,11,14H2,1-4H3. The highest BCUT2D eigenvalue weighted by atomic mass is 16.5. The lowest BCUT2D eigenvalue weighted by atomic mass is 9.76. The molecule has 1 fully saturated rings. The van der Waals surface area contributed by atoms with Crippen molar-refractivity contribution >= 4 is 12.3 Å². The summed E-state index contributed by atoms with van der Waals surface area (Å²) < 4.78 is 13.1. The number of ether oxygens (including phenoxy) is 2. The zero-order valence-corrected chi connectivity index (χ0v) is 18.6. The average molecular weight is 424 g/mol. The number of benzene rings is 1. The summed E-state index contributed by atoms with van der Waals surface area (Å²) in [4.78, 5) is 36.9. The summed E-state index contributed by atoms with van der Waals surface area (Å²) in [5, 5.41) is 0. The fourth-order valence-corrected chi connectivity index (χ4v) is 4.21. The van der Waals surface area contributed by atoms with Gasteiger partial charge in [-0.25, -0.2) is 4.79 Å². The SMILES string of the molecule is CCOC(=O)c1cn2c(cc1=O)-c1cc(C=O)c(OCC3CC3)cc1CC2(C)C(C)C. The van der Waals surface area contributed by atoms with Gasteiger partial charge in [0.1, 0.15) is 11.3 Å². The zero-order chi connectivity index (χ0) is 22.3. The van der Waals surface area contributed by atoms with Crippen LogP contribution in [0.15, 0.2) is 29.2 Å². The van der Waals surface area contributed by atoms with Gasteiger partial charge in [-0.3, -0.25) is 9.59 Å². The van der Waals surface area contributed by atoms with Crippen LogP contribution in [0.2, 0.25) is 0 Å². The number of carbonyl (C=O) groups excluding carboxylic acids is 2. The van der Waals surface area contributed by atoms with Crippen LogP contribution in [0.4, 0.5) is 0 Å². The van der Waals surface area contributed by atoms with Gasteiger partial charge in [-0.1, -0.05) is 13.8 Å². The number of hydrogen-bond acceptors (Lipinski definition) is 5. The van der Waals surface area contributed by atoms with Gasteiger partial charge in [0.2, 0.25) is 0 Å². The molecule has 6 nitrogen and oxygen atoms in total. The molecule has 0 bridgehead atoms. The highest BCUT2D eigenvalue weighted by molar-refractivity contribution is 5.90. The molecule has 1 aromatic carbocycles. The molecule has 2 heterocycles. The van der Waals surface area contributed by atoms with Crippen molar-refractivity contribution in [2.45, 2.75) is 52.5 Å². The summed E-state index contributed by atoms with van der Waals surface area (Å²) in [5.41, 5.74) is 2.32. The van der Waals surface area contributed by atoms with E-state index < -0.39 is 5.97 Å². The third kappa shape index (κ3) is 3.80. The third-order valence-corrected chi connectivity index (χ3v) is 6.70. The highest BCUT2D eigenvalue weighted by Crippen LogP contribution is 2.43. The molecule has 1 aliphatic carbocycles. The summed E-state index contributed by atoms with van der Waals surface area (Å²) in [7, 11) is 0. The minimum atomic E-state index is -0.614. The monoisotopic (exact) mass is 423 g/mol. The summed E-state index contributed by atoms with van der Waals surface area (Å²) >= 11 is 0. The van der Waals surface area contributed by atoms with Crippen molar-refractivity contribution < 1.29 is 19.1 Å². The molecule has 1 atom stereocenters. The molecule has 164 valence electrons. The van der Waals surface area contributed by atoms with Crippen LogP contribution in [-0.2, 0) is 16.7 Å². The zero-order valence-electron chi connectivity index (χ0n) is 18.6. The van der Waals surface area contributed by atoms with Crippen molar-refractivity contribution in [2.24, 2.45) is 11.8 Å². The predicted molar refractivity (Wildman–Crippen MR) is 118 cm³/mol. The molecule has 1 aliphatic heterocycles. The second-order valence-corrected chi connectivity index (χ2v) is 9.14. The van der Waals surface area contributed by atoms with Crippen molar-refractivity contribution in [3.63, 3.8) is 0 Å². The van der Waals surface area contributed by atoms with E-state index >= 15 is 0 Å². The maximum Gasteiger partial charge on any atom is 0.343 e. The van der Waals surface area contributed by atoms with Crippen molar-refractivity contribution in [1.82, 2.24) is 4.57 Å². The quantitative estimate of drug-likeness (QED) is 0.492. The van der Waals surface area contributed by atoms with Gasteiger partial charge in [0.15, 0.2) is 11.7 Å². The van der Waals surface area contributed by atoms with Gasteiger partial charge in [-0.05, 0) is 62.6 Å². The number of esters is 1. The van der Waals surface area contributed by atoms with Gasteiger partial charge in [-0.2, -0.15) is 0 Å². The lowest BCUT2D eigenvalue weighted by Gasteiger charge is -2.43. The molecule has 1 saturated carbocycles. The van der Waals surface area contributed by atoms with E-state index in [1.165, 1.54) is 18.9 Å². The Hall–Kier alpha value is -2.89. The topological polar surface area (TPSA) is 74.6 Å². The van der Waals surface area contributed by atoms with E-state index in [0.717, 1.165) is 17.4 Å². The Morgan fingerprint density at radius 1 is 1.29 bits per heavy atom. The Balaban J connectivity index is 1.88. The number of aromatic nitrogens is 1. The van der Waals surface area contributed by atoms with Crippen LogP contribution in [0.1, 0.15) is 66.8 Å². The maximum absolute atomic E-state index is 12.8. The first-order valence-electron chi connectivity index (χ1n) is 11.0. The maximum atomic E-state index is 12.8. The smallest absolute Gasteiger partial charge is 0.343 e. The van der Waals surface area contributed by atoms with Crippen molar-refractivity contribution in [3.8, 4) is 17.0 Å². The number of pyridine rings is 1. The van der Waals surface area contributed by atoms with Crippen molar-refractivity contribution in [1.29, 1.82) is 0 Å². The average Bonchev–Trinajstić information content (AvgIpc) is 3.56. The van der Waals surface area contributed by atoms with E-state index in [0.29, 0.717) is 36.0 Å². The van der Waals surface area contributed by atoms with Crippen LogP contribution in [0.3, 0.4) is 0 Å². The predicted octanol–water partition coefficient (Wildman–Crippen LogP) is 4.22. The van der Waals surface area contributed by atoms with E-state index in [9.17, 15) is 14.4 Å². The van der Waals surface area contributed by atoms with Gasteiger partial charge < -0.3 is 14.0 Å². The molecular weight excluding hydrogens is 394 g/mol. The number of nitrogens with zero attached hydrogens (tertiary/aromatic N) is 1. The molecule has 0 saturated heterocycles. The second kappa shape index (κ2) is 7.98. The van der Waals surface area contributed by atoms with Gasteiger partial charge in [0.05, 0.1) is 24.5 Å². The summed E-state index contributed by atoms with van der Waals surface area (Å²) in [5.74, 6) is 0.790. The van der Waals surface area contributed by atoms with Crippen molar-refractivity contribution in [3.05, 3.63) is 51.3 Å². The molecule has 1 aromatic heterocycles. The Labute approximate surface area is 182 Å². The van der Waals surface area contributed by atoms with Gasteiger partial charge in [-0.15, -0.1) is 0 Å². The van der Waals surface area contributed by atoms with Gasteiger partial charge in [0.25, 0.3) is 0 Å². The van der Waals surface area contributed by atoms with Crippen LogP contribution in [0.5, 0.6) is 5.75 Å². The van der Waals surface area contributed by atoms with Crippen LogP contribution in [-0.4, -0.2) is 30.0 Å². The minimum Gasteiger partial charge on any atom is -0.493 e. The molecule has 2 aliphatic rings. The first-order valence-corrected chi connectivity index (χ1v) is 11.0. The number of aldehydes is 1. The fraction of sp³-hybridized carbons (Fsp3) is 0.480. The molecule has 1 unspecified atom stereocenters.